The lowest BCUT2D eigenvalue weighted by Gasteiger charge is -2.23. The molecular formula is C16H24N4O4S. The van der Waals surface area contributed by atoms with Crippen molar-refractivity contribution in [2.24, 2.45) is 5.10 Å². The van der Waals surface area contributed by atoms with E-state index in [9.17, 15) is 13.2 Å². The molecule has 1 N–H and O–H groups in total. The van der Waals surface area contributed by atoms with Gasteiger partial charge in [-0.3, -0.25) is 9.10 Å². The number of hydrazone groups is 1. The predicted molar refractivity (Wildman–Crippen MR) is 97.5 cm³/mol. The van der Waals surface area contributed by atoms with Crippen LogP contribution in [-0.4, -0.2) is 65.0 Å². The molecule has 1 saturated heterocycles. The summed E-state index contributed by atoms with van der Waals surface area (Å²) in [5.41, 5.74) is 3.77. The predicted octanol–water partition coefficient (Wildman–Crippen LogP) is 0.659. The molecule has 1 amide bonds. The lowest BCUT2D eigenvalue weighted by Crippen LogP contribution is -2.39. The first kappa shape index (κ1) is 19.2. The maximum absolute atomic E-state index is 12.1. The van der Waals surface area contributed by atoms with Gasteiger partial charge in [0.2, 0.25) is 10.0 Å². The Labute approximate surface area is 148 Å². The second-order valence-electron chi connectivity index (χ2n) is 5.98. The number of rotatable bonds is 6. The van der Waals surface area contributed by atoms with Crippen molar-refractivity contribution in [2.45, 2.75) is 12.8 Å². The maximum Gasteiger partial charge on any atom is 0.260 e. The molecule has 138 valence electrons. The van der Waals surface area contributed by atoms with Gasteiger partial charge in [0.1, 0.15) is 12.3 Å². The van der Waals surface area contributed by atoms with Gasteiger partial charge in [-0.1, -0.05) is 0 Å². The Kier molecular flexibility index (Phi) is 6.38. The highest BCUT2D eigenvalue weighted by Crippen LogP contribution is 2.21. The Hall–Kier alpha value is -2.13. The zero-order valence-corrected chi connectivity index (χ0v) is 15.5. The SMILES string of the molecule is COc1ccc(N(CC(=O)NN=C2CCN(C)CC2)S(C)(=O)=O)cc1. The van der Waals surface area contributed by atoms with Crippen molar-refractivity contribution >= 4 is 27.3 Å². The third-order valence-corrected chi connectivity index (χ3v) is 5.09. The van der Waals surface area contributed by atoms with E-state index < -0.39 is 15.9 Å². The van der Waals surface area contributed by atoms with Gasteiger partial charge >= 0.3 is 0 Å². The van der Waals surface area contributed by atoms with E-state index in [1.165, 1.54) is 7.11 Å². The lowest BCUT2D eigenvalue weighted by molar-refractivity contribution is -0.119. The fourth-order valence-corrected chi connectivity index (χ4v) is 3.30. The number of amides is 1. The summed E-state index contributed by atoms with van der Waals surface area (Å²) >= 11 is 0. The van der Waals surface area contributed by atoms with Crippen LogP contribution in [0.2, 0.25) is 0 Å². The zero-order valence-electron chi connectivity index (χ0n) is 14.7. The summed E-state index contributed by atoms with van der Waals surface area (Å²) in [6, 6.07) is 6.47. The highest BCUT2D eigenvalue weighted by Gasteiger charge is 2.21. The van der Waals surface area contributed by atoms with Crippen molar-refractivity contribution < 1.29 is 17.9 Å². The van der Waals surface area contributed by atoms with Crippen LogP contribution in [0.1, 0.15) is 12.8 Å². The molecule has 1 aromatic carbocycles. The number of anilines is 1. The minimum absolute atomic E-state index is 0.332. The molecule has 9 heteroatoms. The zero-order chi connectivity index (χ0) is 18.4. The molecule has 0 bridgehead atoms. The van der Waals surface area contributed by atoms with Crippen molar-refractivity contribution in [1.29, 1.82) is 0 Å². The van der Waals surface area contributed by atoms with Crippen LogP contribution < -0.4 is 14.5 Å². The van der Waals surface area contributed by atoms with Crippen LogP contribution >= 0.6 is 0 Å². The number of hydrogen-bond acceptors (Lipinski definition) is 6. The molecule has 25 heavy (non-hydrogen) atoms. The standard InChI is InChI=1S/C16H24N4O4S/c1-19-10-8-13(9-11-19)17-18-16(21)12-20(25(3,22)23)14-4-6-15(24-2)7-5-14/h4-7H,8-12H2,1-3H3,(H,18,21). The second-order valence-corrected chi connectivity index (χ2v) is 7.89. The van der Waals surface area contributed by atoms with Crippen LogP contribution in [0.15, 0.2) is 29.4 Å². The minimum Gasteiger partial charge on any atom is -0.497 e. The van der Waals surface area contributed by atoms with Gasteiger partial charge in [-0.25, -0.2) is 13.8 Å². The number of likely N-dealkylation sites (tertiary alicyclic amines) is 1. The van der Waals surface area contributed by atoms with Gasteiger partial charge in [-0.05, 0) is 31.3 Å². The van der Waals surface area contributed by atoms with E-state index in [4.69, 9.17) is 4.74 Å². The van der Waals surface area contributed by atoms with E-state index in [0.29, 0.717) is 11.4 Å². The monoisotopic (exact) mass is 368 g/mol. The summed E-state index contributed by atoms with van der Waals surface area (Å²) in [5.74, 6) is 0.128. The highest BCUT2D eigenvalue weighted by molar-refractivity contribution is 7.92. The van der Waals surface area contributed by atoms with E-state index in [1.54, 1.807) is 24.3 Å². The van der Waals surface area contributed by atoms with Crippen molar-refractivity contribution in [3.8, 4) is 5.75 Å². The van der Waals surface area contributed by atoms with Gasteiger partial charge < -0.3 is 9.64 Å². The third kappa shape index (κ3) is 5.71. The summed E-state index contributed by atoms with van der Waals surface area (Å²) in [4.78, 5) is 14.3. The Balaban J connectivity index is 2.04. The maximum atomic E-state index is 12.1. The second kappa shape index (κ2) is 8.30. The van der Waals surface area contributed by atoms with Crippen LogP contribution in [0.5, 0.6) is 5.75 Å². The van der Waals surface area contributed by atoms with Crippen LogP contribution in [-0.2, 0) is 14.8 Å². The number of nitrogens with one attached hydrogen (secondary N) is 1. The first-order valence-corrected chi connectivity index (χ1v) is 9.79. The quantitative estimate of drug-likeness (QED) is 0.745. The number of nitrogens with zero attached hydrogens (tertiary/aromatic N) is 3. The molecule has 1 heterocycles. The summed E-state index contributed by atoms with van der Waals surface area (Å²) < 4.78 is 30.2. The fourth-order valence-electron chi connectivity index (χ4n) is 2.44. The highest BCUT2D eigenvalue weighted by atomic mass is 32.2. The van der Waals surface area contributed by atoms with E-state index in [1.807, 2.05) is 7.05 Å². The summed E-state index contributed by atoms with van der Waals surface area (Å²) in [5, 5.41) is 4.12. The Morgan fingerprint density at radius 1 is 1.28 bits per heavy atom. The molecular weight excluding hydrogens is 344 g/mol. The van der Waals surface area contributed by atoms with E-state index in [-0.39, 0.29) is 6.54 Å². The first-order chi connectivity index (χ1) is 11.8. The van der Waals surface area contributed by atoms with Crippen LogP contribution in [0, 0.1) is 0 Å². The Morgan fingerprint density at radius 3 is 2.40 bits per heavy atom. The van der Waals surface area contributed by atoms with Gasteiger partial charge in [-0.15, -0.1) is 0 Å². The molecule has 2 rings (SSSR count). The summed E-state index contributed by atoms with van der Waals surface area (Å²) in [6.07, 6.45) is 2.66. The van der Waals surface area contributed by atoms with Gasteiger partial charge in [0.05, 0.1) is 19.1 Å². The van der Waals surface area contributed by atoms with Crippen LogP contribution in [0.4, 0.5) is 5.69 Å². The third-order valence-electron chi connectivity index (χ3n) is 3.95. The van der Waals surface area contributed by atoms with E-state index in [2.05, 4.69) is 15.4 Å². The Bertz CT molecular complexity index is 721. The minimum atomic E-state index is -3.61. The molecule has 0 aromatic heterocycles. The van der Waals surface area contributed by atoms with E-state index >= 15 is 0 Å². The number of hydrogen-bond donors (Lipinski definition) is 1. The van der Waals surface area contributed by atoms with Gasteiger partial charge in [0.15, 0.2) is 0 Å². The average molecular weight is 368 g/mol. The molecule has 1 fully saturated rings. The number of piperidine rings is 1. The smallest absolute Gasteiger partial charge is 0.260 e. The Morgan fingerprint density at radius 2 is 1.88 bits per heavy atom. The number of ether oxygens (including phenoxy) is 1. The molecule has 0 spiro atoms. The molecule has 0 atom stereocenters. The topological polar surface area (TPSA) is 91.3 Å². The number of benzene rings is 1. The molecule has 0 saturated carbocycles. The van der Waals surface area contributed by atoms with Gasteiger partial charge in [0.25, 0.3) is 5.91 Å². The number of sulfonamides is 1. The summed E-state index contributed by atoms with van der Waals surface area (Å²) in [6.45, 7) is 1.47. The number of carbonyl (C=O) groups excluding carboxylic acids is 1. The molecule has 0 unspecified atom stereocenters. The largest absolute Gasteiger partial charge is 0.497 e. The van der Waals surface area contributed by atoms with Gasteiger partial charge in [0, 0.05) is 31.6 Å². The molecule has 0 aliphatic carbocycles. The average Bonchev–Trinajstić information content (AvgIpc) is 2.58. The van der Waals surface area contributed by atoms with Crippen molar-refractivity contribution in [3.63, 3.8) is 0 Å². The lowest BCUT2D eigenvalue weighted by atomic mass is 10.1. The first-order valence-electron chi connectivity index (χ1n) is 7.94. The normalized spacial score (nSPS) is 15.6. The number of carbonyl (C=O) groups is 1. The van der Waals surface area contributed by atoms with Crippen LogP contribution in [0.25, 0.3) is 0 Å². The molecule has 1 aliphatic rings. The van der Waals surface area contributed by atoms with Gasteiger partial charge in [-0.2, -0.15) is 5.10 Å². The number of methoxy groups -OCH3 is 1. The molecule has 8 nitrogen and oxygen atoms in total. The van der Waals surface area contributed by atoms with Crippen LogP contribution in [0.3, 0.4) is 0 Å². The molecule has 0 radical (unpaired) electrons. The van der Waals surface area contributed by atoms with Crippen molar-refractivity contribution in [3.05, 3.63) is 24.3 Å². The summed E-state index contributed by atoms with van der Waals surface area (Å²) in [7, 11) is -0.0438. The van der Waals surface area contributed by atoms with Crippen molar-refractivity contribution in [1.82, 2.24) is 10.3 Å². The molecule has 1 aliphatic heterocycles. The molecule has 1 aromatic rings. The van der Waals surface area contributed by atoms with E-state index in [0.717, 1.165) is 42.2 Å². The van der Waals surface area contributed by atoms with Crippen molar-refractivity contribution in [2.75, 3.05) is 44.4 Å². The fraction of sp³-hybridized carbons (Fsp3) is 0.500.